The van der Waals surface area contributed by atoms with E-state index in [9.17, 15) is 14.7 Å². The second kappa shape index (κ2) is 9.87. The van der Waals surface area contributed by atoms with Crippen molar-refractivity contribution >= 4 is 26.0 Å². The first kappa shape index (κ1) is 26.8. The van der Waals surface area contributed by atoms with Gasteiger partial charge in [-0.15, -0.1) is 0 Å². The van der Waals surface area contributed by atoms with Gasteiger partial charge in [0.05, 0.1) is 24.4 Å². The third-order valence-corrected chi connectivity index (χ3v) is 11.9. The van der Waals surface area contributed by atoms with Crippen LogP contribution in [0.4, 0.5) is 10.5 Å². The number of fused-ring (bicyclic) bond motifs is 2. The highest BCUT2D eigenvalue weighted by Crippen LogP contribution is 2.45. The predicted octanol–water partition coefficient (Wildman–Crippen LogP) is 6.02. The second-order valence-corrected chi connectivity index (χ2v) is 15.9. The highest BCUT2D eigenvalue weighted by molar-refractivity contribution is 6.74. The van der Waals surface area contributed by atoms with E-state index in [1.807, 2.05) is 43.5 Å². The molecule has 1 N–H and O–H groups in total. The lowest BCUT2D eigenvalue weighted by Gasteiger charge is -2.44. The summed E-state index contributed by atoms with van der Waals surface area (Å²) in [5.74, 6) is -0.336. The van der Waals surface area contributed by atoms with Gasteiger partial charge in [0, 0.05) is 12.3 Å². The number of phenolic OH excluding ortho intramolecular Hbond substituents is 1. The Morgan fingerprint density at radius 1 is 1.16 bits per heavy atom. The molecule has 2 aromatic carbocycles. The maximum Gasteiger partial charge on any atom is 0.416 e. The zero-order valence-corrected chi connectivity index (χ0v) is 23.6. The highest BCUT2D eigenvalue weighted by atomic mass is 28.4. The fourth-order valence-corrected chi connectivity index (χ4v) is 5.62. The number of aromatic hydroxyl groups is 1. The van der Waals surface area contributed by atoms with Crippen LogP contribution >= 0.6 is 0 Å². The summed E-state index contributed by atoms with van der Waals surface area (Å²) >= 11 is 0. The van der Waals surface area contributed by atoms with Gasteiger partial charge in [-0.3, -0.25) is 4.79 Å². The molecule has 2 unspecified atom stereocenters. The van der Waals surface area contributed by atoms with E-state index in [1.54, 1.807) is 4.90 Å². The van der Waals surface area contributed by atoms with E-state index >= 15 is 0 Å². The number of carbonyl (C=O) groups is 2. The van der Waals surface area contributed by atoms with Crippen molar-refractivity contribution in [2.24, 2.45) is 0 Å². The van der Waals surface area contributed by atoms with E-state index in [1.165, 1.54) is 24.1 Å². The minimum atomic E-state index is -2.44. The largest absolute Gasteiger partial charge is 0.504 e. The Morgan fingerprint density at radius 2 is 1.84 bits per heavy atom. The quantitative estimate of drug-likeness (QED) is 0.481. The van der Waals surface area contributed by atoms with Crippen LogP contribution in [0.3, 0.4) is 0 Å². The summed E-state index contributed by atoms with van der Waals surface area (Å²) in [7, 11) is -1.03. The smallest absolute Gasteiger partial charge is 0.416 e. The molecule has 198 valence electrons. The van der Waals surface area contributed by atoms with Gasteiger partial charge in [0.2, 0.25) is 0 Å². The van der Waals surface area contributed by atoms with Gasteiger partial charge in [-0.05, 0) is 43.1 Å². The minimum absolute atomic E-state index is 0.0556. The molecule has 0 aromatic heterocycles. The van der Waals surface area contributed by atoms with E-state index < -0.39 is 26.7 Å². The maximum atomic E-state index is 13.9. The molecule has 0 fully saturated rings. The van der Waals surface area contributed by atoms with Crippen molar-refractivity contribution in [1.29, 1.82) is 0 Å². The Bertz CT molecular complexity index is 1220. The van der Waals surface area contributed by atoms with Crippen molar-refractivity contribution in [2.75, 3.05) is 12.0 Å². The molecule has 0 bridgehead atoms. The monoisotopic (exact) mass is 524 g/mol. The van der Waals surface area contributed by atoms with Crippen LogP contribution in [-0.4, -0.2) is 49.7 Å². The number of rotatable bonds is 5. The number of benzene rings is 2. The maximum absolute atomic E-state index is 13.9. The number of phenols is 1. The van der Waals surface area contributed by atoms with E-state index in [0.29, 0.717) is 6.42 Å². The van der Waals surface area contributed by atoms with Gasteiger partial charge < -0.3 is 23.9 Å². The molecule has 0 radical (unpaired) electrons. The van der Waals surface area contributed by atoms with Crippen LogP contribution in [0.2, 0.25) is 18.1 Å². The molecule has 2 aliphatic rings. The lowest BCUT2D eigenvalue weighted by molar-refractivity contribution is 0.0578. The molecule has 0 saturated heterocycles. The van der Waals surface area contributed by atoms with Crippen molar-refractivity contribution in [3.63, 3.8) is 0 Å². The van der Waals surface area contributed by atoms with Crippen LogP contribution in [0.5, 0.6) is 11.5 Å². The van der Waals surface area contributed by atoms with Crippen molar-refractivity contribution in [1.82, 2.24) is 4.90 Å². The fraction of sp³-hybridized carbons (Fsp3) is 0.429. The van der Waals surface area contributed by atoms with E-state index in [2.05, 4.69) is 33.9 Å². The van der Waals surface area contributed by atoms with Crippen LogP contribution < -0.4 is 9.64 Å². The van der Waals surface area contributed by atoms with Crippen molar-refractivity contribution < 1.29 is 28.6 Å². The van der Waals surface area contributed by atoms with Crippen molar-refractivity contribution in [3.8, 4) is 11.5 Å². The Morgan fingerprint density at radius 3 is 2.46 bits per heavy atom. The SMILES string of the molecule is COc1cc2c(cc1O)N(C(=O)OCc1ccccc1)C(O[Si](C)(C)C(C)(C)C)C1CC(C)=CN1C2=O. The van der Waals surface area contributed by atoms with E-state index in [4.69, 9.17) is 13.9 Å². The number of amides is 2. The predicted molar refractivity (Wildman–Crippen MR) is 144 cm³/mol. The summed E-state index contributed by atoms with van der Waals surface area (Å²) in [6.07, 6.45) is 0.884. The lowest BCUT2D eigenvalue weighted by Crippen LogP contribution is -2.57. The van der Waals surface area contributed by atoms with Gasteiger partial charge >= 0.3 is 6.09 Å². The van der Waals surface area contributed by atoms with Gasteiger partial charge in [0.1, 0.15) is 6.61 Å². The van der Waals surface area contributed by atoms with Gasteiger partial charge in [-0.25, -0.2) is 9.69 Å². The lowest BCUT2D eigenvalue weighted by atomic mass is 10.1. The average molecular weight is 525 g/mol. The van der Waals surface area contributed by atoms with Crippen LogP contribution in [0.15, 0.2) is 54.2 Å². The molecule has 0 spiro atoms. The Kier molecular flexibility index (Phi) is 7.13. The Hall–Kier alpha value is -3.30. The molecular weight excluding hydrogens is 488 g/mol. The Labute approximate surface area is 219 Å². The number of nitrogens with zero attached hydrogens (tertiary/aromatic N) is 2. The molecule has 2 aromatic rings. The number of carbonyl (C=O) groups excluding carboxylic acids is 2. The Balaban J connectivity index is 1.86. The first-order valence-electron chi connectivity index (χ1n) is 12.4. The number of hydrogen-bond donors (Lipinski definition) is 1. The first-order chi connectivity index (χ1) is 17.3. The molecule has 2 amide bonds. The molecule has 2 aliphatic heterocycles. The van der Waals surface area contributed by atoms with Gasteiger partial charge in [-0.2, -0.15) is 0 Å². The van der Waals surface area contributed by atoms with Gasteiger partial charge in [0.15, 0.2) is 26.0 Å². The average Bonchev–Trinajstić information content (AvgIpc) is 3.20. The summed E-state index contributed by atoms with van der Waals surface area (Å²) in [4.78, 5) is 30.7. The summed E-state index contributed by atoms with van der Waals surface area (Å²) < 4.78 is 18.0. The highest BCUT2D eigenvalue weighted by Gasteiger charge is 2.50. The number of anilines is 1. The summed E-state index contributed by atoms with van der Waals surface area (Å²) in [5, 5.41) is 10.5. The zero-order chi connectivity index (χ0) is 27.1. The standard InChI is InChI=1S/C28H36N2O6Si/c1-18-13-22-26(36-37(6,7)28(2,3)4)30(27(33)35-17-19-11-9-8-10-12-19)21-15-23(31)24(34-5)14-20(21)25(32)29(22)16-18/h8-12,14-16,22,26,31H,13,17H2,1-7H3. The first-order valence-corrected chi connectivity index (χ1v) is 15.3. The van der Waals surface area contributed by atoms with Crippen LogP contribution in [0.1, 0.15) is 50.0 Å². The van der Waals surface area contributed by atoms with Crippen LogP contribution in [-0.2, 0) is 15.8 Å². The topological polar surface area (TPSA) is 88.5 Å². The minimum Gasteiger partial charge on any atom is -0.504 e. The molecule has 0 saturated carbocycles. The molecular formula is C28H36N2O6Si. The molecule has 9 heteroatoms. The van der Waals surface area contributed by atoms with Crippen molar-refractivity contribution in [2.45, 2.75) is 71.1 Å². The third-order valence-electron chi connectivity index (χ3n) is 7.48. The molecule has 37 heavy (non-hydrogen) atoms. The molecule has 2 atom stereocenters. The van der Waals surface area contributed by atoms with E-state index in [-0.39, 0.29) is 40.3 Å². The molecule has 4 rings (SSSR count). The fourth-order valence-electron chi connectivity index (χ4n) is 4.40. The summed E-state index contributed by atoms with van der Waals surface area (Å²) in [6.45, 7) is 12.6. The van der Waals surface area contributed by atoms with Crippen LogP contribution in [0, 0.1) is 0 Å². The summed E-state index contributed by atoms with van der Waals surface area (Å²) in [6, 6.07) is 11.8. The zero-order valence-electron chi connectivity index (χ0n) is 22.6. The van der Waals surface area contributed by atoms with E-state index in [0.717, 1.165) is 11.1 Å². The van der Waals surface area contributed by atoms with Gasteiger partial charge in [0.25, 0.3) is 5.91 Å². The molecule has 2 heterocycles. The molecule has 0 aliphatic carbocycles. The number of methoxy groups -OCH3 is 1. The van der Waals surface area contributed by atoms with Crippen LogP contribution in [0.25, 0.3) is 0 Å². The summed E-state index contributed by atoms with van der Waals surface area (Å²) in [5.41, 5.74) is 2.30. The third kappa shape index (κ3) is 5.10. The van der Waals surface area contributed by atoms with Crippen molar-refractivity contribution in [3.05, 3.63) is 65.4 Å². The van der Waals surface area contributed by atoms with Gasteiger partial charge in [-0.1, -0.05) is 56.7 Å². The normalized spacial score (nSPS) is 19.6. The molecule has 8 nitrogen and oxygen atoms in total. The second-order valence-electron chi connectivity index (χ2n) is 11.2. The number of ether oxygens (including phenoxy) is 2. The number of hydrogen-bond acceptors (Lipinski definition) is 6.